The second-order valence-electron chi connectivity index (χ2n) is 4.68. The fourth-order valence-electron chi connectivity index (χ4n) is 2.17. The van der Waals surface area contributed by atoms with Crippen molar-refractivity contribution in [2.24, 2.45) is 0 Å². The molecule has 0 fully saturated rings. The predicted molar refractivity (Wildman–Crippen MR) is 76.1 cm³/mol. The van der Waals surface area contributed by atoms with Gasteiger partial charge in [-0.05, 0) is 22.4 Å². The zero-order chi connectivity index (χ0) is 13.9. The van der Waals surface area contributed by atoms with Gasteiger partial charge in [0.15, 0.2) is 0 Å². The van der Waals surface area contributed by atoms with Gasteiger partial charge < -0.3 is 4.90 Å². The summed E-state index contributed by atoms with van der Waals surface area (Å²) in [4.78, 5) is 17.6. The molecule has 0 saturated carbocycles. The van der Waals surface area contributed by atoms with Gasteiger partial charge in [-0.1, -0.05) is 36.4 Å². The second kappa shape index (κ2) is 5.13. The van der Waals surface area contributed by atoms with Crippen molar-refractivity contribution < 1.29 is 4.79 Å². The molecule has 100 valence electrons. The van der Waals surface area contributed by atoms with Crippen LogP contribution in [0.4, 0.5) is 0 Å². The van der Waals surface area contributed by atoms with Crippen molar-refractivity contribution in [3.05, 3.63) is 60.2 Å². The Hall–Kier alpha value is -2.69. The average Bonchev–Trinajstić information content (AvgIpc) is 3.00. The Balaban J connectivity index is 1.80. The van der Waals surface area contributed by atoms with Crippen molar-refractivity contribution >= 4 is 16.7 Å². The Morgan fingerprint density at radius 3 is 2.75 bits per heavy atom. The number of carbonyl (C=O) groups is 1. The molecule has 2 aromatic carbocycles. The van der Waals surface area contributed by atoms with Crippen LogP contribution in [-0.2, 0) is 6.54 Å². The molecule has 5 heteroatoms. The third-order valence-electron chi connectivity index (χ3n) is 3.20. The number of nitrogens with one attached hydrogen (secondary N) is 1. The molecular weight excluding hydrogens is 252 g/mol. The molecular formula is C15H14N4O. The molecule has 0 unspecified atom stereocenters. The molecule has 1 heterocycles. The third kappa shape index (κ3) is 2.38. The van der Waals surface area contributed by atoms with E-state index in [1.54, 1.807) is 11.9 Å². The summed E-state index contributed by atoms with van der Waals surface area (Å²) in [6.45, 7) is 0.532. The lowest BCUT2D eigenvalue weighted by atomic mass is 10.1. The minimum Gasteiger partial charge on any atom is -0.335 e. The van der Waals surface area contributed by atoms with Crippen molar-refractivity contribution in [2.45, 2.75) is 6.54 Å². The van der Waals surface area contributed by atoms with Gasteiger partial charge in [-0.3, -0.25) is 9.89 Å². The summed E-state index contributed by atoms with van der Waals surface area (Å²) in [7, 11) is 1.75. The van der Waals surface area contributed by atoms with E-state index in [0.29, 0.717) is 6.54 Å². The molecule has 1 N–H and O–H groups in total. The Morgan fingerprint density at radius 1 is 1.20 bits per heavy atom. The van der Waals surface area contributed by atoms with E-state index < -0.39 is 0 Å². The summed E-state index contributed by atoms with van der Waals surface area (Å²) in [6, 6.07) is 14.4. The number of hydrogen-bond donors (Lipinski definition) is 1. The molecule has 0 radical (unpaired) electrons. The Labute approximate surface area is 116 Å². The van der Waals surface area contributed by atoms with Gasteiger partial charge in [0.05, 0.1) is 0 Å². The quantitative estimate of drug-likeness (QED) is 0.790. The summed E-state index contributed by atoms with van der Waals surface area (Å²) >= 11 is 0. The van der Waals surface area contributed by atoms with E-state index in [-0.39, 0.29) is 11.7 Å². The van der Waals surface area contributed by atoms with E-state index in [2.05, 4.69) is 39.4 Å². The van der Waals surface area contributed by atoms with Crippen molar-refractivity contribution in [3.8, 4) is 0 Å². The summed E-state index contributed by atoms with van der Waals surface area (Å²) in [5.74, 6) is 0.0870. The van der Waals surface area contributed by atoms with Crippen molar-refractivity contribution in [3.63, 3.8) is 0 Å². The van der Waals surface area contributed by atoms with Crippen LogP contribution in [0.3, 0.4) is 0 Å². The molecule has 0 atom stereocenters. The largest absolute Gasteiger partial charge is 0.335 e. The summed E-state index contributed by atoms with van der Waals surface area (Å²) < 4.78 is 0. The summed E-state index contributed by atoms with van der Waals surface area (Å²) in [6.07, 6.45) is 1.33. The van der Waals surface area contributed by atoms with Gasteiger partial charge in [-0.2, -0.15) is 5.10 Å². The van der Waals surface area contributed by atoms with E-state index in [4.69, 9.17) is 0 Å². The van der Waals surface area contributed by atoms with E-state index in [1.807, 2.05) is 18.2 Å². The lowest BCUT2D eigenvalue weighted by Gasteiger charge is -2.16. The Morgan fingerprint density at radius 2 is 2.00 bits per heavy atom. The topological polar surface area (TPSA) is 61.9 Å². The number of H-pyrrole nitrogens is 1. The molecule has 0 aliphatic carbocycles. The molecule has 1 amide bonds. The molecule has 0 spiro atoms. The highest BCUT2D eigenvalue weighted by atomic mass is 16.2. The first-order valence-corrected chi connectivity index (χ1v) is 6.32. The van der Waals surface area contributed by atoms with Gasteiger partial charge in [-0.15, -0.1) is 0 Å². The van der Waals surface area contributed by atoms with Crippen LogP contribution in [0.2, 0.25) is 0 Å². The predicted octanol–water partition coefficient (Wildman–Crippen LogP) is 2.23. The first-order chi connectivity index (χ1) is 9.74. The maximum Gasteiger partial charge on any atom is 0.291 e. The van der Waals surface area contributed by atoms with Gasteiger partial charge in [0.2, 0.25) is 5.82 Å². The lowest BCUT2D eigenvalue weighted by molar-refractivity contribution is 0.0773. The van der Waals surface area contributed by atoms with E-state index in [9.17, 15) is 4.79 Å². The molecule has 0 aliphatic heterocycles. The molecule has 1 aromatic heterocycles. The van der Waals surface area contributed by atoms with Crippen LogP contribution in [0.15, 0.2) is 48.8 Å². The number of benzene rings is 2. The van der Waals surface area contributed by atoms with Crippen LogP contribution in [0, 0.1) is 0 Å². The SMILES string of the molecule is CN(Cc1ccc2ccccc2c1)C(=O)c1ncn[nH]1. The number of nitrogens with zero attached hydrogens (tertiary/aromatic N) is 3. The highest BCUT2D eigenvalue weighted by Gasteiger charge is 2.14. The zero-order valence-corrected chi connectivity index (χ0v) is 11.1. The number of amides is 1. The maximum absolute atomic E-state index is 12.1. The monoisotopic (exact) mass is 266 g/mol. The highest BCUT2D eigenvalue weighted by molar-refractivity contribution is 5.90. The first kappa shape index (κ1) is 12.3. The van der Waals surface area contributed by atoms with Crippen LogP contribution in [0.1, 0.15) is 16.2 Å². The normalized spacial score (nSPS) is 10.7. The number of aromatic amines is 1. The van der Waals surface area contributed by atoms with Gasteiger partial charge in [0.25, 0.3) is 5.91 Å². The van der Waals surface area contributed by atoms with Crippen LogP contribution >= 0.6 is 0 Å². The van der Waals surface area contributed by atoms with Crippen LogP contribution < -0.4 is 0 Å². The summed E-state index contributed by atoms with van der Waals surface area (Å²) in [5.41, 5.74) is 1.08. The minimum atomic E-state index is -0.171. The van der Waals surface area contributed by atoms with Crippen molar-refractivity contribution in [2.75, 3.05) is 7.05 Å². The highest BCUT2D eigenvalue weighted by Crippen LogP contribution is 2.16. The second-order valence-corrected chi connectivity index (χ2v) is 4.68. The fraction of sp³-hybridized carbons (Fsp3) is 0.133. The molecule has 0 saturated heterocycles. The minimum absolute atomic E-state index is 0.171. The van der Waals surface area contributed by atoms with Gasteiger partial charge in [0.1, 0.15) is 6.33 Å². The molecule has 5 nitrogen and oxygen atoms in total. The molecule has 0 bridgehead atoms. The number of rotatable bonds is 3. The van der Waals surface area contributed by atoms with Crippen LogP contribution in [0.25, 0.3) is 10.8 Å². The fourth-order valence-corrected chi connectivity index (χ4v) is 2.17. The Bertz CT molecular complexity index is 736. The zero-order valence-electron chi connectivity index (χ0n) is 11.1. The van der Waals surface area contributed by atoms with Gasteiger partial charge in [0, 0.05) is 13.6 Å². The third-order valence-corrected chi connectivity index (χ3v) is 3.20. The van der Waals surface area contributed by atoms with E-state index in [0.717, 1.165) is 5.56 Å². The number of aromatic nitrogens is 3. The first-order valence-electron chi connectivity index (χ1n) is 6.32. The van der Waals surface area contributed by atoms with Crippen LogP contribution in [0.5, 0.6) is 0 Å². The van der Waals surface area contributed by atoms with Crippen LogP contribution in [-0.4, -0.2) is 33.0 Å². The van der Waals surface area contributed by atoms with Gasteiger partial charge in [-0.25, -0.2) is 4.98 Å². The number of fused-ring (bicyclic) bond motifs is 1. The molecule has 3 rings (SSSR count). The molecule has 3 aromatic rings. The smallest absolute Gasteiger partial charge is 0.291 e. The van der Waals surface area contributed by atoms with Crippen molar-refractivity contribution in [1.82, 2.24) is 20.1 Å². The van der Waals surface area contributed by atoms with E-state index in [1.165, 1.54) is 17.1 Å². The number of carbonyl (C=O) groups excluding carboxylic acids is 1. The van der Waals surface area contributed by atoms with Gasteiger partial charge >= 0.3 is 0 Å². The number of hydrogen-bond acceptors (Lipinski definition) is 3. The standard InChI is InChI=1S/C15H14N4O/c1-19(15(20)14-16-10-17-18-14)9-11-6-7-12-4-2-3-5-13(12)8-11/h2-8,10H,9H2,1H3,(H,16,17,18). The lowest BCUT2D eigenvalue weighted by Crippen LogP contribution is -2.27. The van der Waals surface area contributed by atoms with E-state index >= 15 is 0 Å². The Kier molecular flexibility index (Phi) is 3.16. The summed E-state index contributed by atoms with van der Waals surface area (Å²) in [5, 5.41) is 8.64. The maximum atomic E-state index is 12.1. The molecule has 20 heavy (non-hydrogen) atoms. The van der Waals surface area contributed by atoms with Crippen molar-refractivity contribution in [1.29, 1.82) is 0 Å². The molecule has 0 aliphatic rings. The average molecular weight is 266 g/mol.